The summed E-state index contributed by atoms with van der Waals surface area (Å²) in [4.78, 5) is 15.9. The van der Waals surface area contributed by atoms with Crippen LogP contribution in [-0.2, 0) is 0 Å². The molecule has 0 amide bonds. The van der Waals surface area contributed by atoms with Crippen LogP contribution in [0.5, 0.6) is 5.75 Å². The molecule has 6 heteroatoms. The summed E-state index contributed by atoms with van der Waals surface area (Å²) in [6.07, 6.45) is 5.77. The largest absolute Gasteiger partial charge is 0.496 e. The van der Waals surface area contributed by atoms with Crippen molar-refractivity contribution in [1.82, 2.24) is 4.90 Å². The van der Waals surface area contributed by atoms with Crippen LogP contribution in [0.2, 0.25) is 5.02 Å². The van der Waals surface area contributed by atoms with E-state index in [4.69, 9.17) is 16.3 Å². The fourth-order valence-electron chi connectivity index (χ4n) is 2.42. The average Bonchev–Trinajstić information content (AvgIpc) is 3.01. The maximum absolute atomic E-state index is 12.8. The molecule has 1 N–H and O–H groups in total. The Morgan fingerprint density at radius 3 is 2.88 bits per heavy atom. The summed E-state index contributed by atoms with van der Waals surface area (Å²) in [5, 5.41) is 10.8. The number of halogens is 1. The van der Waals surface area contributed by atoms with Crippen molar-refractivity contribution in [3.05, 3.63) is 51.0 Å². The summed E-state index contributed by atoms with van der Waals surface area (Å²) >= 11 is 7.57. The quantitative estimate of drug-likeness (QED) is 0.522. The predicted molar refractivity (Wildman–Crippen MR) is 104 cm³/mol. The Bertz CT molecular complexity index is 687. The van der Waals surface area contributed by atoms with Gasteiger partial charge in [0.05, 0.1) is 24.3 Å². The normalized spacial score (nSPS) is 16.9. The van der Waals surface area contributed by atoms with Gasteiger partial charge in [0.1, 0.15) is 5.75 Å². The number of carbonyl (C=O) groups is 1. The van der Waals surface area contributed by atoms with Crippen LogP contribution in [-0.4, -0.2) is 36.1 Å². The van der Waals surface area contributed by atoms with Crippen molar-refractivity contribution < 1.29 is 14.6 Å². The van der Waals surface area contributed by atoms with E-state index in [0.29, 0.717) is 16.3 Å². The summed E-state index contributed by atoms with van der Waals surface area (Å²) in [6.45, 7) is 5.04. The summed E-state index contributed by atoms with van der Waals surface area (Å²) in [7, 11) is 1.54. The zero-order valence-electron chi connectivity index (χ0n) is 14.8. The first-order valence-electron chi connectivity index (χ1n) is 8.36. The van der Waals surface area contributed by atoms with Crippen LogP contribution in [0.1, 0.15) is 37.0 Å². The van der Waals surface area contributed by atoms with Crippen molar-refractivity contribution in [2.24, 2.45) is 5.92 Å². The van der Waals surface area contributed by atoms with Gasteiger partial charge in [0.25, 0.3) is 0 Å². The minimum atomic E-state index is -0.144. The van der Waals surface area contributed by atoms with Crippen LogP contribution in [0.3, 0.4) is 0 Å². The molecule has 0 fully saturated rings. The first-order chi connectivity index (χ1) is 12.0. The lowest BCUT2D eigenvalue weighted by Crippen LogP contribution is -2.14. The van der Waals surface area contributed by atoms with Gasteiger partial charge in [-0.2, -0.15) is 0 Å². The Morgan fingerprint density at radius 1 is 1.48 bits per heavy atom. The molecule has 0 spiro atoms. The number of hydrogen-bond acceptors (Lipinski definition) is 5. The molecule has 1 aliphatic rings. The maximum Gasteiger partial charge on any atom is 0.192 e. The van der Waals surface area contributed by atoms with E-state index in [1.54, 1.807) is 24.3 Å². The smallest absolute Gasteiger partial charge is 0.192 e. The Labute approximate surface area is 158 Å². The highest BCUT2D eigenvalue weighted by Gasteiger charge is 2.24. The molecule has 0 aliphatic carbocycles. The Morgan fingerprint density at radius 2 is 2.24 bits per heavy atom. The number of thioether (sulfide) groups is 1. The summed E-state index contributed by atoms with van der Waals surface area (Å²) in [6, 6.07) is 5.02. The van der Waals surface area contributed by atoms with Crippen LogP contribution in [0.25, 0.3) is 0 Å². The van der Waals surface area contributed by atoms with E-state index in [-0.39, 0.29) is 18.3 Å². The lowest BCUT2D eigenvalue weighted by atomic mass is 10.1. The van der Waals surface area contributed by atoms with Crippen molar-refractivity contribution in [3.63, 3.8) is 0 Å². The minimum Gasteiger partial charge on any atom is -0.496 e. The van der Waals surface area contributed by atoms with E-state index >= 15 is 0 Å². The van der Waals surface area contributed by atoms with Gasteiger partial charge in [0.15, 0.2) is 5.78 Å². The lowest BCUT2D eigenvalue weighted by Gasteiger charge is -2.16. The van der Waals surface area contributed by atoms with Gasteiger partial charge < -0.3 is 14.7 Å². The molecular weight excluding hydrogens is 358 g/mol. The van der Waals surface area contributed by atoms with Crippen LogP contribution in [0, 0.1) is 5.92 Å². The van der Waals surface area contributed by atoms with Crippen molar-refractivity contribution in [3.8, 4) is 5.75 Å². The number of rotatable bonds is 8. The molecule has 0 saturated carbocycles. The third-order valence-corrected chi connectivity index (χ3v) is 5.52. The molecule has 2 rings (SSSR count). The lowest BCUT2D eigenvalue weighted by molar-refractivity contribution is 0.104. The summed E-state index contributed by atoms with van der Waals surface area (Å²) in [5.41, 5.74) is 0.446. The number of nitrogens with zero attached hydrogens (tertiary/aromatic N) is 1. The van der Waals surface area contributed by atoms with Gasteiger partial charge in [-0.15, -0.1) is 0 Å². The number of allylic oxidation sites excluding steroid dienone is 1. The molecule has 4 nitrogen and oxygen atoms in total. The van der Waals surface area contributed by atoms with Crippen LogP contribution in [0.15, 0.2) is 40.4 Å². The molecule has 1 atom stereocenters. The molecule has 0 saturated heterocycles. The molecule has 1 unspecified atom stereocenters. The van der Waals surface area contributed by atoms with Crippen molar-refractivity contribution >= 4 is 29.1 Å². The maximum atomic E-state index is 12.8. The van der Waals surface area contributed by atoms with Gasteiger partial charge in [-0.3, -0.25) is 4.79 Å². The molecular formula is C19H24ClNO3S. The zero-order valence-corrected chi connectivity index (χ0v) is 16.4. The van der Waals surface area contributed by atoms with E-state index in [9.17, 15) is 9.90 Å². The first-order valence-corrected chi connectivity index (χ1v) is 9.56. The van der Waals surface area contributed by atoms with Crippen molar-refractivity contribution in [2.45, 2.75) is 26.7 Å². The fourth-order valence-corrected chi connectivity index (χ4v) is 3.72. The van der Waals surface area contributed by atoms with E-state index in [2.05, 4.69) is 11.8 Å². The summed E-state index contributed by atoms with van der Waals surface area (Å²) < 4.78 is 5.28. The van der Waals surface area contributed by atoms with E-state index in [1.165, 1.54) is 18.9 Å². The van der Waals surface area contributed by atoms with Gasteiger partial charge in [-0.05, 0) is 24.6 Å². The zero-order chi connectivity index (χ0) is 18.4. The average molecular weight is 382 g/mol. The second-order valence-electron chi connectivity index (χ2n) is 5.96. The molecule has 136 valence electrons. The highest BCUT2D eigenvalue weighted by atomic mass is 35.5. The minimum absolute atomic E-state index is 0.0517. The van der Waals surface area contributed by atoms with Crippen LogP contribution >= 0.6 is 23.4 Å². The third kappa shape index (κ3) is 5.03. The summed E-state index contributed by atoms with van der Waals surface area (Å²) in [5.74, 6) is 0.414. The Kier molecular flexibility index (Phi) is 7.41. The molecule has 0 aromatic heterocycles. The molecule has 0 bridgehead atoms. The topological polar surface area (TPSA) is 49.8 Å². The second-order valence-corrected chi connectivity index (χ2v) is 7.49. The van der Waals surface area contributed by atoms with Crippen molar-refractivity contribution in [1.29, 1.82) is 0 Å². The van der Waals surface area contributed by atoms with E-state index < -0.39 is 0 Å². The number of benzene rings is 1. The van der Waals surface area contributed by atoms with Crippen LogP contribution < -0.4 is 4.74 Å². The third-order valence-electron chi connectivity index (χ3n) is 3.98. The molecule has 1 aliphatic heterocycles. The molecule has 0 radical (unpaired) electrons. The van der Waals surface area contributed by atoms with Gasteiger partial charge >= 0.3 is 0 Å². The molecule has 25 heavy (non-hydrogen) atoms. The molecule has 1 aromatic carbocycles. The van der Waals surface area contributed by atoms with Gasteiger partial charge in [-0.25, -0.2) is 0 Å². The SMILES string of the molecule is CCCCN1C=C(C(C)CO)S/C1=C\C(=O)c1cc(Cl)ccc1OC. The van der Waals surface area contributed by atoms with E-state index in [0.717, 1.165) is 29.3 Å². The number of aliphatic hydroxyl groups is 1. The second kappa shape index (κ2) is 9.32. The number of aliphatic hydroxyl groups excluding tert-OH is 1. The number of unbranched alkanes of at least 4 members (excludes halogenated alkanes) is 1. The number of methoxy groups -OCH3 is 1. The standard InChI is InChI=1S/C19H24ClNO3S/c1-4-5-8-21-11-18(13(2)12-22)25-19(21)10-16(23)15-9-14(20)6-7-17(15)24-3/h6-7,9-11,13,22H,4-5,8,12H2,1-3H3/b19-10-. The van der Waals surface area contributed by atoms with Crippen molar-refractivity contribution in [2.75, 3.05) is 20.3 Å². The number of ketones is 1. The van der Waals surface area contributed by atoms with Gasteiger partial charge in [0.2, 0.25) is 0 Å². The first kappa shape index (κ1) is 19.9. The number of ether oxygens (including phenoxy) is 1. The Balaban J connectivity index is 2.28. The molecule has 1 heterocycles. The highest BCUT2D eigenvalue weighted by molar-refractivity contribution is 8.06. The number of hydrogen-bond donors (Lipinski definition) is 1. The highest BCUT2D eigenvalue weighted by Crippen LogP contribution is 2.40. The predicted octanol–water partition coefficient (Wildman–Crippen LogP) is 4.69. The molecule has 1 aromatic rings. The Hall–Kier alpha value is -1.43. The van der Waals surface area contributed by atoms with Gasteiger partial charge in [-0.1, -0.05) is 43.6 Å². The number of carbonyl (C=O) groups excluding carboxylic acids is 1. The fraction of sp³-hybridized carbons (Fsp3) is 0.421. The van der Waals surface area contributed by atoms with Gasteiger partial charge in [0, 0.05) is 34.7 Å². The van der Waals surface area contributed by atoms with E-state index in [1.807, 2.05) is 13.1 Å². The monoisotopic (exact) mass is 381 g/mol. The van der Waals surface area contributed by atoms with Crippen LogP contribution in [0.4, 0.5) is 0 Å².